The average Bonchev–Trinajstić information content (AvgIpc) is 2.36. The van der Waals surface area contributed by atoms with Gasteiger partial charge in [-0.05, 0) is 44.5 Å². The summed E-state index contributed by atoms with van der Waals surface area (Å²) < 4.78 is 0. The van der Waals surface area contributed by atoms with Crippen LogP contribution in [0.2, 0.25) is 0 Å². The Balaban J connectivity index is 2.13. The number of amides is 1. The number of hydrogen-bond donors (Lipinski definition) is 3. The number of carbonyl (C=O) groups is 1. The van der Waals surface area contributed by atoms with E-state index >= 15 is 0 Å². The molecule has 1 aromatic carbocycles. The van der Waals surface area contributed by atoms with Crippen LogP contribution in [0, 0.1) is 12.3 Å². The van der Waals surface area contributed by atoms with Gasteiger partial charge < -0.3 is 15.7 Å². The van der Waals surface area contributed by atoms with Crippen molar-refractivity contribution in [3.63, 3.8) is 0 Å². The lowest BCUT2D eigenvalue weighted by atomic mass is 9.80. The Morgan fingerprint density at radius 2 is 2.06 bits per heavy atom. The third kappa shape index (κ3) is 2.48. The van der Waals surface area contributed by atoms with Gasteiger partial charge in [0.05, 0.1) is 5.69 Å². The van der Waals surface area contributed by atoms with Gasteiger partial charge in [-0.3, -0.25) is 4.79 Å². The van der Waals surface area contributed by atoms with E-state index in [-0.39, 0.29) is 17.1 Å². The van der Waals surface area contributed by atoms with Gasteiger partial charge in [0.15, 0.2) is 0 Å². The molecule has 1 aliphatic rings. The van der Waals surface area contributed by atoms with E-state index < -0.39 is 0 Å². The standard InChI is InChI=1S/C14H20N2O2/c1-10-4-3-5-11(12(10)17)16-13(18)14(2)6-8-15-9-7-14/h3-5,15,17H,6-9H2,1-2H3,(H,16,18). The van der Waals surface area contributed by atoms with Crippen molar-refractivity contribution < 1.29 is 9.90 Å². The van der Waals surface area contributed by atoms with Gasteiger partial charge in [-0.1, -0.05) is 19.1 Å². The van der Waals surface area contributed by atoms with E-state index in [1.54, 1.807) is 6.07 Å². The minimum absolute atomic E-state index is 0.00935. The maximum Gasteiger partial charge on any atom is 0.230 e. The third-order valence-corrected chi connectivity index (χ3v) is 3.74. The number of carbonyl (C=O) groups excluding carboxylic acids is 1. The van der Waals surface area contributed by atoms with Crippen LogP contribution >= 0.6 is 0 Å². The fourth-order valence-corrected chi connectivity index (χ4v) is 2.24. The van der Waals surface area contributed by atoms with Gasteiger partial charge in [0.25, 0.3) is 0 Å². The molecule has 1 heterocycles. The van der Waals surface area contributed by atoms with Gasteiger partial charge in [-0.15, -0.1) is 0 Å². The van der Waals surface area contributed by atoms with Crippen molar-refractivity contribution in [2.75, 3.05) is 18.4 Å². The highest BCUT2D eigenvalue weighted by molar-refractivity contribution is 5.96. The predicted octanol–water partition coefficient (Wildman–Crippen LogP) is 2.03. The Morgan fingerprint density at radius 1 is 1.39 bits per heavy atom. The summed E-state index contributed by atoms with van der Waals surface area (Å²) in [5.74, 6) is 0.147. The number of hydrogen-bond acceptors (Lipinski definition) is 3. The number of piperidine rings is 1. The second kappa shape index (κ2) is 4.98. The molecule has 0 radical (unpaired) electrons. The number of benzene rings is 1. The minimum Gasteiger partial charge on any atom is -0.505 e. The van der Waals surface area contributed by atoms with Crippen LogP contribution in [0.5, 0.6) is 5.75 Å². The van der Waals surface area contributed by atoms with Gasteiger partial charge in [0.1, 0.15) is 5.75 Å². The fraction of sp³-hybridized carbons (Fsp3) is 0.500. The second-order valence-electron chi connectivity index (χ2n) is 5.24. The summed E-state index contributed by atoms with van der Waals surface area (Å²) >= 11 is 0. The molecule has 0 bridgehead atoms. The van der Waals surface area contributed by atoms with Crippen molar-refractivity contribution in [1.29, 1.82) is 0 Å². The molecular formula is C14H20N2O2. The highest BCUT2D eigenvalue weighted by Crippen LogP contribution is 2.32. The average molecular weight is 248 g/mol. The van der Waals surface area contributed by atoms with Crippen LogP contribution in [-0.2, 0) is 4.79 Å². The summed E-state index contributed by atoms with van der Waals surface area (Å²) in [4.78, 5) is 12.3. The van der Waals surface area contributed by atoms with Crippen molar-refractivity contribution in [2.45, 2.75) is 26.7 Å². The molecule has 0 atom stereocenters. The molecule has 0 unspecified atom stereocenters. The fourth-order valence-electron chi connectivity index (χ4n) is 2.24. The summed E-state index contributed by atoms with van der Waals surface area (Å²) in [6.45, 7) is 5.53. The van der Waals surface area contributed by atoms with Gasteiger partial charge in [0.2, 0.25) is 5.91 Å². The van der Waals surface area contributed by atoms with Crippen LogP contribution in [0.25, 0.3) is 0 Å². The molecule has 4 nitrogen and oxygen atoms in total. The number of phenolic OH excluding ortho intramolecular Hbond substituents is 1. The van der Waals surface area contributed by atoms with E-state index in [4.69, 9.17) is 0 Å². The molecule has 2 rings (SSSR count). The first-order valence-corrected chi connectivity index (χ1v) is 6.34. The summed E-state index contributed by atoms with van der Waals surface area (Å²) in [7, 11) is 0. The molecule has 1 aromatic rings. The quantitative estimate of drug-likeness (QED) is 0.702. The Bertz CT molecular complexity index is 451. The lowest BCUT2D eigenvalue weighted by Crippen LogP contribution is -2.42. The lowest BCUT2D eigenvalue weighted by molar-refractivity contribution is -0.126. The second-order valence-corrected chi connectivity index (χ2v) is 5.24. The molecule has 0 aliphatic carbocycles. The number of nitrogens with one attached hydrogen (secondary N) is 2. The number of para-hydroxylation sites is 1. The van der Waals surface area contributed by atoms with Crippen molar-refractivity contribution >= 4 is 11.6 Å². The molecule has 0 spiro atoms. The predicted molar refractivity (Wildman–Crippen MR) is 71.7 cm³/mol. The molecule has 1 amide bonds. The van der Waals surface area contributed by atoms with E-state index in [9.17, 15) is 9.90 Å². The Labute approximate surface area is 107 Å². The number of aryl methyl sites for hydroxylation is 1. The van der Waals surface area contributed by atoms with Crippen LogP contribution in [-0.4, -0.2) is 24.1 Å². The summed E-state index contributed by atoms with van der Waals surface area (Å²) in [5.41, 5.74) is 0.921. The zero-order valence-corrected chi connectivity index (χ0v) is 10.9. The van der Waals surface area contributed by atoms with E-state index in [0.717, 1.165) is 31.5 Å². The Kier molecular flexibility index (Phi) is 3.57. The van der Waals surface area contributed by atoms with Gasteiger partial charge in [0, 0.05) is 5.41 Å². The Hall–Kier alpha value is -1.55. The topological polar surface area (TPSA) is 61.4 Å². The molecule has 3 N–H and O–H groups in total. The number of anilines is 1. The summed E-state index contributed by atoms with van der Waals surface area (Å²) in [5, 5.41) is 16.0. The molecule has 4 heteroatoms. The highest BCUT2D eigenvalue weighted by atomic mass is 16.3. The van der Waals surface area contributed by atoms with Crippen LogP contribution in [0.3, 0.4) is 0 Å². The Morgan fingerprint density at radius 3 is 2.72 bits per heavy atom. The zero-order valence-electron chi connectivity index (χ0n) is 10.9. The zero-order chi connectivity index (χ0) is 13.2. The smallest absolute Gasteiger partial charge is 0.230 e. The van der Waals surface area contributed by atoms with E-state index in [2.05, 4.69) is 10.6 Å². The first-order chi connectivity index (χ1) is 8.53. The first kappa shape index (κ1) is 12.9. The number of aromatic hydroxyl groups is 1. The van der Waals surface area contributed by atoms with Crippen LogP contribution < -0.4 is 10.6 Å². The molecule has 0 aromatic heterocycles. The summed E-state index contributed by atoms with van der Waals surface area (Å²) in [6, 6.07) is 5.37. The van der Waals surface area contributed by atoms with Crippen LogP contribution in [0.1, 0.15) is 25.3 Å². The third-order valence-electron chi connectivity index (χ3n) is 3.74. The number of rotatable bonds is 2. The molecule has 1 aliphatic heterocycles. The van der Waals surface area contributed by atoms with Crippen molar-refractivity contribution in [3.05, 3.63) is 23.8 Å². The highest BCUT2D eigenvalue weighted by Gasteiger charge is 2.34. The van der Waals surface area contributed by atoms with E-state index in [1.165, 1.54) is 0 Å². The maximum atomic E-state index is 12.3. The van der Waals surface area contributed by atoms with Crippen molar-refractivity contribution in [1.82, 2.24) is 5.32 Å². The minimum atomic E-state index is -0.346. The first-order valence-electron chi connectivity index (χ1n) is 6.34. The summed E-state index contributed by atoms with van der Waals surface area (Å²) in [6.07, 6.45) is 1.65. The van der Waals surface area contributed by atoms with E-state index in [1.807, 2.05) is 26.0 Å². The molecular weight excluding hydrogens is 228 g/mol. The van der Waals surface area contributed by atoms with Gasteiger partial charge in [-0.2, -0.15) is 0 Å². The van der Waals surface area contributed by atoms with Crippen molar-refractivity contribution in [2.24, 2.45) is 5.41 Å². The molecule has 1 saturated heterocycles. The van der Waals surface area contributed by atoms with Crippen LogP contribution in [0.4, 0.5) is 5.69 Å². The molecule has 0 saturated carbocycles. The monoisotopic (exact) mass is 248 g/mol. The SMILES string of the molecule is Cc1cccc(NC(=O)C2(C)CCNCC2)c1O. The van der Waals surface area contributed by atoms with Gasteiger partial charge >= 0.3 is 0 Å². The van der Waals surface area contributed by atoms with Gasteiger partial charge in [-0.25, -0.2) is 0 Å². The lowest BCUT2D eigenvalue weighted by Gasteiger charge is -2.32. The van der Waals surface area contributed by atoms with E-state index in [0.29, 0.717) is 5.69 Å². The van der Waals surface area contributed by atoms with Crippen molar-refractivity contribution in [3.8, 4) is 5.75 Å². The largest absolute Gasteiger partial charge is 0.505 e. The molecule has 98 valence electrons. The number of phenols is 1. The normalized spacial score (nSPS) is 18.3. The van der Waals surface area contributed by atoms with Crippen LogP contribution in [0.15, 0.2) is 18.2 Å². The maximum absolute atomic E-state index is 12.3. The molecule has 1 fully saturated rings. The molecule has 18 heavy (non-hydrogen) atoms.